The maximum Gasteiger partial charge on any atom is 0.246 e. The average molecular weight is 580 g/mol. The van der Waals surface area contributed by atoms with Crippen molar-refractivity contribution in [1.82, 2.24) is 19.6 Å². The van der Waals surface area contributed by atoms with Crippen LogP contribution in [0.25, 0.3) is 22.0 Å². The van der Waals surface area contributed by atoms with Crippen molar-refractivity contribution in [3.8, 4) is 22.6 Å². The lowest BCUT2D eigenvalue weighted by atomic mass is 10.0. The fourth-order valence-electron chi connectivity index (χ4n) is 4.43. The number of hydrogen-bond acceptors (Lipinski definition) is 8. The van der Waals surface area contributed by atoms with E-state index in [2.05, 4.69) is 26.6 Å². The first-order chi connectivity index (χ1) is 18.0. The number of methoxy groups -OCH3 is 2. The molecule has 2 N–H and O–H groups in total. The van der Waals surface area contributed by atoms with Crippen LogP contribution in [-0.2, 0) is 14.8 Å². The van der Waals surface area contributed by atoms with Gasteiger partial charge in [0.25, 0.3) is 0 Å². The predicted octanol–water partition coefficient (Wildman–Crippen LogP) is 3.74. The lowest BCUT2D eigenvalue weighted by Crippen LogP contribution is -2.42. The second kappa shape index (κ2) is 11.3. The summed E-state index contributed by atoms with van der Waals surface area (Å²) in [4.78, 5) is 23.0. The summed E-state index contributed by atoms with van der Waals surface area (Å²) in [5.74, 6) is 0.985. The van der Waals surface area contributed by atoms with E-state index >= 15 is 0 Å². The highest BCUT2D eigenvalue weighted by molar-refractivity contribution is 7.88. The number of likely N-dealkylation sites (tertiary alicyclic amines) is 1. The normalized spacial score (nSPS) is 17.4. The van der Waals surface area contributed by atoms with Gasteiger partial charge in [0.1, 0.15) is 11.5 Å². The quantitative estimate of drug-likeness (QED) is 0.367. The van der Waals surface area contributed by atoms with Crippen LogP contribution in [0.3, 0.4) is 0 Å². The molecule has 4 rings (SSSR count). The van der Waals surface area contributed by atoms with E-state index in [-0.39, 0.29) is 24.5 Å². The molecule has 0 saturated carbocycles. The summed E-state index contributed by atoms with van der Waals surface area (Å²) in [6.07, 6.45) is 4.49. The Morgan fingerprint density at radius 3 is 2.50 bits per heavy atom. The number of hydrogen-bond donors (Lipinski definition) is 2. The first-order valence-electron chi connectivity index (χ1n) is 11.6. The van der Waals surface area contributed by atoms with Crippen molar-refractivity contribution in [1.29, 1.82) is 0 Å². The number of nitrogens with one attached hydrogen (secondary N) is 2. The Bertz CT molecular complexity index is 1470. The smallest absolute Gasteiger partial charge is 0.246 e. The van der Waals surface area contributed by atoms with E-state index in [9.17, 15) is 13.2 Å². The predicted molar refractivity (Wildman–Crippen MR) is 149 cm³/mol. The molecule has 2 atom stereocenters. The van der Waals surface area contributed by atoms with E-state index in [1.54, 1.807) is 17.2 Å². The number of aromatic nitrogens is 2. The minimum Gasteiger partial charge on any atom is -0.495 e. The number of halogens is 2. The minimum absolute atomic E-state index is 0.109. The van der Waals surface area contributed by atoms with E-state index in [0.717, 1.165) is 17.2 Å². The number of nitrogens with zero attached hydrogens (tertiary/aromatic N) is 3. The molecule has 0 aliphatic carbocycles. The second-order valence-corrected chi connectivity index (χ2v) is 11.4. The number of benzene rings is 2. The molecule has 1 aromatic heterocycles. The number of amides is 1. The molecule has 10 nitrogen and oxygen atoms in total. The zero-order valence-electron chi connectivity index (χ0n) is 21.0. The lowest BCUT2D eigenvalue weighted by Gasteiger charge is -2.22. The third-order valence-electron chi connectivity index (χ3n) is 6.23. The molecule has 2 heterocycles. The van der Waals surface area contributed by atoms with Crippen LogP contribution in [0.15, 0.2) is 43.1 Å². The average Bonchev–Trinajstić information content (AvgIpc) is 3.29. The Morgan fingerprint density at radius 1 is 1.21 bits per heavy atom. The van der Waals surface area contributed by atoms with Gasteiger partial charge in [-0.25, -0.2) is 23.1 Å². The number of carbonyl (C=O) groups excluding carboxylic acids is 1. The standard InChI is InChI=1S/C25H27Cl2N5O5S/c1-5-21(33)32-13-16(9-17(32)12-29-38(4,34)35)30-25-28-11-15-8-14(6-7-18(15)31-25)22-23(26)19(36-2)10-20(37-3)24(22)27/h5-8,10-11,16-17,29H,1,9,12-13H2,2-4H3,(H,28,30,31). The van der Waals surface area contributed by atoms with Gasteiger partial charge in [0.15, 0.2) is 0 Å². The van der Waals surface area contributed by atoms with Gasteiger partial charge in [0, 0.05) is 48.4 Å². The van der Waals surface area contributed by atoms with Crippen LogP contribution >= 0.6 is 23.2 Å². The Hall–Kier alpha value is -3.12. The van der Waals surface area contributed by atoms with Crippen molar-refractivity contribution in [3.05, 3.63) is 53.2 Å². The van der Waals surface area contributed by atoms with Crippen LogP contribution in [0, 0.1) is 0 Å². The molecule has 3 aromatic rings. The van der Waals surface area contributed by atoms with Gasteiger partial charge in [-0.05, 0) is 30.2 Å². The molecular formula is C25H27Cl2N5O5S. The van der Waals surface area contributed by atoms with E-state index < -0.39 is 10.0 Å². The third kappa shape index (κ3) is 5.96. The zero-order chi connectivity index (χ0) is 27.6. The van der Waals surface area contributed by atoms with Crippen molar-refractivity contribution >= 4 is 56.0 Å². The van der Waals surface area contributed by atoms with Crippen molar-refractivity contribution < 1.29 is 22.7 Å². The van der Waals surface area contributed by atoms with Gasteiger partial charge in [0.05, 0.1) is 36.0 Å². The zero-order valence-corrected chi connectivity index (χ0v) is 23.3. The number of anilines is 1. The molecule has 0 spiro atoms. The molecule has 1 fully saturated rings. The molecule has 0 bridgehead atoms. The summed E-state index contributed by atoms with van der Waals surface area (Å²) in [5, 5.41) is 4.73. The number of carbonyl (C=O) groups is 1. The third-order valence-corrected chi connectivity index (χ3v) is 7.67. The number of rotatable bonds is 9. The van der Waals surface area contributed by atoms with Gasteiger partial charge < -0.3 is 19.7 Å². The van der Waals surface area contributed by atoms with Crippen molar-refractivity contribution in [2.45, 2.75) is 18.5 Å². The van der Waals surface area contributed by atoms with E-state index in [0.29, 0.717) is 51.5 Å². The van der Waals surface area contributed by atoms with Crippen LogP contribution in [0.1, 0.15) is 6.42 Å². The van der Waals surface area contributed by atoms with Crippen LogP contribution in [0.2, 0.25) is 10.0 Å². The molecule has 1 amide bonds. The first kappa shape index (κ1) is 27.9. The van der Waals surface area contributed by atoms with Crippen molar-refractivity contribution in [2.24, 2.45) is 0 Å². The van der Waals surface area contributed by atoms with E-state index in [4.69, 9.17) is 32.7 Å². The van der Waals surface area contributed by atoms with Crippen LogP contribution in [0.4, 0.5) is 5.95 Å². The van der Waals surface area contributed by atoms with Gasteiger partial charge in [-0.3, -0.25) is 4.79 Å². The summed E-state index contributed by atoms with van der Waals surface area (Å²) in [6, 6.07) is 6.67. The number of sulfonamides is 1. The molecular weight excluding hydrogens is 553 g/mol. The molecule has 0 radical (unpaired) electrons. The molecule has 13 heteroatoms. The Labute approximate surface area is 231 Å². The molecule has 2 unspecified atom stereocenters. The molecule has 202 valence electrons. The van der Waals surface area contributed by atoms with E-state index in [1.165, 1.54) is 20.3 Å². The highest BCUT2D eigenvalue weighted by atomic mass is 35.5. The largest absolute Gasteiger partial charge is 0.495 e. The first-order valence-corrected chi connectivity index (χ1v) is 14.2. The monoisotopic (exact) mass is 579 g/mol. The SMILES string of the molecule is C=CC(=O)N1CC(Nc2ncc3cc(-c4c(Cl)c(OC)cc(OC)c4Cl)ccc3n2)CC1CNS(C)(=O)=O. The highest BCUT2D eigenvalue weighted by Crippen LogP contribution is 2.46. The Kier molecular flexibility index (Phi) is 8.31. The lowest BCUT2D eigenvalue weighted by molar-refractivity contribution is -0.126. The summed E-state index contributed by atoms with van der Waals surface area (Å²) in [5.41, 5.74) is 1.99. The van der Waals surface area contributed by atoms with Gasteiger partial charge in [-0.2, -0.15) is 0 Å². The number of ether oxygens (including phenoxy) is 2. The summed E-state index contributed by atoms with van der Waals surface area (Å²) in [6.45, 7) is 4.01. The fourth-order valence-corrected chi connectivity index (χ4v) is 5.64. The van der Waals surface area contributed by atoms with Crippen molar-refractivity contribution in [2.75, 3.05) is 38.9 Å². The minimum atomic E-state index is -3.39. The van der Waals surface area contributed by atoms with Gasteiger partial charge >= 0.3 is 0 Å². The molecule has 1 aliphatic rings. The van der Waals surface area contributed by atoms with Gasteiger partial charge in [0.2, 0.25) is 21.9 Å². The Morgan fingerprint density at radius 2 is 1.89 bits per heavy atom. The highest BCUT2D eigenvalue weighted by Gasteiger charge is 2.35. The van der Waals surface area contributed by atoms with Gasteiger partial charge in [-0.1, -0.05) is 35.8 Å². The maximum atomic E-state index is 12.3. The fraction of sp³-hybridized carbons (Fsp3) is 0.320. The summed E-state index contributed by atoms with van der Waals surface area (Å²) >= 11 is 13.1. The van der Waals surface area contributed by atoms with Crippen LogP contribution < -0.4 is 19.5 Å². The topological polar surface area (TPSA) is 123 Å². The molecule has 38 heavy (non-hydrogen) atoms. The molecule has 2 aromatic carbocycles. The summed E-state index contributed by atoms with van der Waals surface area (Å²) < 4.78 is 36.3. The van der Waals surface area contributed by atoms with Crippen molar-refractivity contribution in [3.63, 3.8) is 0 Å². The number of fused-ring (bicyclic) bond motifs is 1. The summed E-state index contributed by atoms with van der Waals surface area (Å²) in [7, 11) is -0.362. The van der Waals surface area contributed by atoms with Crippen LogP contribution in [-0.4, -0.2) is 74.8 Å². The Balaban J connectivity index is 1.57. The van der Waals surface area contributed by atoms with Gasteiger partial charge in [-0.15, -0.1) is 0 Å². The maximum absolute atomic E-state index is 12.3. The second-order valence-electron chi connectivity index (χ2n) is 8.80. The van der Waals surface area contributed by atoms with E-state index in [1.807, 2.05) is 18.2 Å². The molecule has 1 saturated heterocycles. The van der Waals surface area contributed by atoms with Crippen LogP contribution in [0.5, 0.6) is 11.5 Å². The molecule has 1 aliphatic heterocycles.